The molecule has 0 bridgehead atoms. The van der Waals surface area contributed by atoms with Gasteiger partial charge in [0.15, 0.2) is 0 Å². The number of thiophene rings is 4. The minimum absolute atomic E-state index is 0. The number of carbonyl (C=O) groups is 6. The van der Waals surface area contributed by atoms with Crippen LogP contribution in [0.25, 0.3) is 41.8 Å². The third-order valence-corrected chi connectivity index (χ3v) is 27.8. The zero-order chi connectivity index (χ0) is 81.6. The Bertz CT molecular complexity index is 4450. The largest absolute Gasteiger partial charge is 1.00 e. The van der Waals surface area contributed by atoms with E-state index < -0.39 is 14.3 Å². The van der Waals surface area contributed by atoms with E-state index in [0.717, 1.165) is 202 Å². The lowest BCUT2D eigenvalue weighted by Gasteiger charge is -2.39. The number of aromatic carboxylic acids is 1. The molecule has 4 aromatic heterocycles. The van der Waals surface area contributed by atoms with Gasteiger partial charge in [-0.15, -0.1) is 45.3 Å². The first-order valence-electron chi connectivity index (χ1n) is 40.5. The van der Waals surface area contributed by atoms with Crippen molar-refractivity contribution in [1.29, 1.82) is 0 Å². The second-order valence-electron chi connectivity index (χ2n) is 32.3. The highest BCUT2D eigenvalue weighted by Crippen LogP contribution is 2.45. The van der Waals surface area contributed by atoms with Crippen LogP contribution < -0.4 is 38.2 Å². The number of ether oxygens (including phenoxy) is 3. The maximum Gasteiger partial charge on any atom is 0.350 e. The van der Waals surface area contributed by atoms with Gasteiger partial charge < -0.3 is 76.6 Å². The number of methoxy groups -OCH3 is 3. The van der Waals surface area contributed by atoms with Crippen LogP contribution in [-0.2, 0) is 28.2 Å². The summed E-state index contributed by atoms with van der Waals surface area (Å²) in [5.74, 6) is 0.972. The number of hydrogen-bond acceptors (Lipinski definition) is 19. The summed E-state index contributed by atoms with van der Waals surface area (Å²) in [4.78, 5) is 94.5. The number of carboxylic acid groups (broad SMARTS) is 1. The van der Waals surface area contributed by atoms with E-state index in [0.29, 0.717) is 43.9 Å². The van der Waals surface area contributed by atoms with E-state index in [2.05, 4.69) is 111 Å². The number of likely N-dealkylation sites (N-methyl/N-ethyl adjacent to an activating group) is 1. The molecule has 25 heteroatoms. The highest BCUT2D eigenvalue weighted by Gasteiger charge is 2.40. The smallest absolute Gasteiger partial charge is 0.350 e. The number of piperidine rings is 3. The number of nitrogens with one attached hydrogen (secondary N) is 2. The molecule has 0 atom stereocenters. The van der Waals surface area contributed by atoms with Gasteiger partial charge in [-0.3, -0.25) is 9.59 Å². The molecule has 5 fully saturated rings. The van der Waals surface area contributed by atoms with Gasteiger partial charge in [-0.05, 0) is 208 Å². The van der Waals surface area contributed by atoms with Crippen molar-refractivity contribution in [3.63, 3.8) is 0 Å². The topological polar surface area (TPSA) is 218 Å². The lowest BCUT2D eigenvalue weighted by molar-refractivity contribution is -0.884. The van der Waals surface area contributed by atoms with E-state index in [-0.39, 0.29) is 72.4 Å². The SMILES string of the molecule is CC1CCC(C(=O)N(c2cc(-c3ccccc3)sc2C(=O)O)C2CC[NH+](C)CC2)CC1.CN1CC=C(O[Si](C)(C)C)CC1.COC(=O)c1sc(-c2ccccc2)cc1N.COC(=O)c1sc(-c2ccccc2)cc1N(C(=O)C1CCC(C)CC1)C1CCN(C)CC1.COC(=O)c1sc(-c2ccccc2)cc1NC1CCN(C)CC1.[Cl-].[HH]. The molecule has 4 aromatic carbocycles. The van der Waals surface area contributed by atoms with E-state index in [1.165, 1.54) is 77.3 Å². The third kappa shape index (κ3) is 25.7. The number of halogens is 1. The Hall–Kier alpha value is -8.01. The maximum absolute atomic E-state index is 14.0. The van der Waals surface area contributed by atoms with Gasteiger partial charge in [-0.25, -0.2) is 19.2 Å². The van der Waals surface area contributed by atoms with Crippen LogP contribution in [0.3, 0.4) is 0 Å². The molecule has 2 amide bonds. The molecule has 8 heterocycles. The summed E-state index contributed by atoms with van der Waals surface area (Å²) in [5.41, 5.74) is 12.7. The van der Waals surface area contributed by atoms with Gasteiger partial charge in [0, 0.05) is 83.2 Å². The van der Waals surface area contributed by atoms with E-state index in [9.17, 15) is 33.9 Å². The van der Waals surface area contributed by atoms with Gasteiger partial charge in [-0.1, -0.05) is 135 Å². The van der Waals surface area contributed by atoms with Gasteiger partial charge in [0.1, 0.15) is 19.5 Å². The van der Waals surface area contributed by atoms with E-state index in [1.54, 1.807) is 6.07 Å². The first-order valence-corrected chi connectivity index (χ1v) is 47.1. The Labute approximate surface area is 706 Å². The second-order valence-corrected chi connectivity index (χ2v) is 41.0. The Morgan fingerprint density at radius 3 is 1.29 bits per heavy atom. The molecule has 115 heavy (non-hydrogen) atoms. The van der Waals surface area contributed by atoms with Crippen molar-refractivity contribution in [2.24, 2.45) is 23.7 Å². The van der Waals surface area contributed by atoms with Crippen LogP contribution in [0.15, 0.2) is 157 Å². The number of esters is 3. The fourth-order valence-corrected chi connectivity index (χ4v) is 20.6. The Kier molecular flexibility index (Phi) is 34.8. The van der Waals surface area contributed by atoms with Crippen molar-refractivity contribution in [1.82, 2.24) is 14.7 Å². The predicted molar refractivity (Wildman–Crippen MR) is 473 cm³/mol. The normalized spacial score (nSPS) is 20.2. The summed E-state index contributed by atoms with van der Waals surface area (Å²) < 4.78 is 20.7. The van der Waals surface area contributed by atoms with Gasteiger partial charge in [0.25, 0.3) is 0 Å². The highest BCUT2D eigenvalue weighted by atomic mass is 35.5. The van der Waals surface area contributed by atoms with Crippen molar-refractivity contribution >= 4 is 112 Å². The molecule has 14 rings (SSSR count). The number of nitrogen functional groups attached to an aromatic ring is 1. The minimum atomic E-state index is -1.35. The Balaban J connectivity index is 0.000000187. The number of carboxylic acids is 1. The number of quaternary nitrogens is 1. The summed E-state index contributed by atoms with van der Waals surface area (Å²) >= 11 is 5.54. The number of hydrogen-bond donors (Lipinski definition) is 4. The average molecular weight is 1680 g/mol. The molecule has 2 aliphatic carbocycles. The van der Waals surface area contributed by atoms with Crippen LogP contribution in [0.2, 0.25) is 19.6 Å². The third-order valence-electron chi connectivity index (χ3n) is 22.3. The number of nitrogens with two attached hydrogens (primary N) is 1. The fourth-order valence-electron chi connectivity index (χ4n) is 15.5. The van der Waals surface area contributed by atoms with Crippen molar-refractivity contribution in [3.05, 3.63) is 177 Å². The number of anilines is 4. The standard InChI is InChI=1S/C26H34N2O3S.C25H32N2O3S.C18H22N2O2S.C12H11NO2S.C9H19NOSi.ClH.H2/c1-18-9-11-20(12-10-18)25(29)28(21-13-15-27(2)16-14-21)22-17-23(19-7-5-4-6-8-19)32-24(22)26(30)31-3;1-17-8-10-19(11-9-17)24(28)27(20-12-14-26(2)15-13-20)21-16-22(31-23(21)25(29)30)18-6-4-3-5-7-18;1-20-10-8-14(9-11-20)19-15-12-16(13-6-4-3-5-7-13)23-17(15)18(21)22-2;1-15-12(14)11-9(13)7-10(16-11)8-5-3-2-4-6-8;1-10-7-5-9(6-8-10)11-12(2,3)4;;/h4-8,17-18,20-21H,9-16H2,1-3H3;3-7,16-17,19-20H,8-15H2,1-2H3,(H,29,30);3-7,12,14,19H,8-11H2,1-2H3;2-7H,13H2,1H3;5H,6-8H2,1-4H3;2*1H. The van der Waals surface area contributed by atoms with E-state index in [4.69, 9.17) is 19.6 Å². The van der Waals surface area contributed by atoms with Crippen molar-refractivity contribution in [2.75, 3.05) is 123 Å². The molecule has 8 aromatic rings. The summed E-state index contributed by atoms with van der Waals surface area (Å²) in [7, 11) is 11.4. The second kappa shape index (κ2) is 44.0. The van der Waals surface area contributed by atoms with E-state index >= 15 is 0 Å². The lowest BCUT2D eigenvalue weighted by Crippen LogP contribution is -3.10. The number of likely N-dealkylation sites (tertiary alicyclic amines) is 3. The molecule has 0 spiro atoms. The Morgan fingerprint density at radius 2 is 0.870 bits per heavy atom. The molecule has 0 unspecified atom stereocenters. The molecular formula is C90H121ClN8O11S4Si. The fraction of sp³-hybridized carbons (Fsp3) is 0.467. The average Bonchev–Trinajstić information content (AvgIpc) is 1.59. The zero-order valence-electron chi connectivity index (χ0n) is 69.1. The van der Waals surface area contributed by atoms with Crippen molar-refractivity contribution in [3.8, 4) is 41.8 Å². The van der Waals surface area contributed by atoms with Gasteiger partial charge in [-0.2, -0.15) is 0 Å². The zero-order valence-corrected chi connectivity index (χ0v) is 74.1. The van der Waals surface area contributed by atoms with Gasteiger partial charge in [0.2, 0.25) is 20.1 Å². The number of amides is 2. The quantitative estimate of drug-likeness (QED) is 0.0357. The van der Waals surface area contributed by atoms with E-state index in [1.807, 2.05) is 131 Å². The van der Waals surface area contributed by atoms with Crippen LogP contribution in [0.5, 0.6) is 0 Å². The van der Waals surface area contributed by atoms with Crippen LogP contribution in [0.1, 0.15) is 150 Å². The molecular weight excluding hydrogens is 1560 g/mol. The molecule has 6 aliphatic rings. The molecule has 5 N–H and O–H groups in total. The lowest BCUT2D eigenvalue weighted by atomic mass is 9.82. The first kappa shape index (κ1) is 90.9. The maximum atomic E-state index is 14.0. The molecule has 2 saturated carbocycles. The minimum Gasteiger partial charge on any atom is -1.00 e. The van der Waals surface area contributed by atoms with Crippen LogP contribution in [0.4, 0.5) is 22.7 Å². The summed E-state index contributed by atoms with van der Waals surface area (Å²) in [5, 5.41) is 13.6. The summed E-state index contributed by atoms with van der Waals surface area (Å²) in [6.07, 6.45) is 17.2. The highest BCUT2D eigenvalue weighted by molar-refractivity contribution is 7.19. The van der Waals surface area contributed by atoms with Crippen LogP contribution in [-0.4, -0.2) is 184 Å². The number of benzene rings is 4. The summed E-state index contributed by atoms with van der Waals surface area (Å²) in [6, 6.07) is 48.3. The predicted octanol–water partition coefficient (Wildman–Crippen LogP) is 15.2. The monoisotopic (exact) mass is 1680 g/mol. The van der Waals surface area contributed by atoms with Gasteiger partial charge in [0.05, 0.1) is 70.0 Å². The van der Waals surface area contributed by atoms with Crippen LogP contribution in [0, 0.1) is 23.7 Å². The van der Waals surface area contributed by atoms with Gasteiger partial charge >= 0.3 is 23.9 Å². The number of nitrogens with zero attached hydrogens (tertiary/aromatic N) is 5. The number of rotatable bonds is 18. The first-order chi connectivity index (χ1) is 54.8. The van der Waals surface area contributed by atoms with Crippen LogP contribution >= 0.6 is 45.3 Å². The molecule has 3 saturated heterocycles. The molecule has 4 aliphatic heterocycles. The van der Waals surface area contributed by atoms with Crippen molar-refractivity contribution < 1.29 is 71.2 Å². The Morgan fingerprint density at radius 1 is 0.496 bits per heavy atom. The molecule has 622 valence electrons. The molecule has 0 radical (unpaired) electrons. The summed E-state index contributed by atoms with van der Waals surface area (Å²) in [6.45, 7) is 19.5. The van der Waals surface area contributed by atoms with Crippen molar-refractivity contribution in [2.45, 2.75) is 148 Å². The number of carbonyl (C=O) groups excluding carboxylic acids is 5. The molecule has 19 nitrogen and oxygen atoms in total.